The van der Waals surface area contributed by atoms with E-state index in [4.69, 9.17) is 4.74 Å². The van der Waals surface area contributed by atoms with Gasteiger partial charge in [0.05, 0.1) is 18.3 Å². The first-order valence-corrected chi connectivity index (χ1v) is 7.55. The van der Waals surface area contributed by atoms with Crippen LogP contribution in [0.2, 0.25) is 0 Å². The number of carboxylic acid groups (broad SMARTS) is 1. The van der Waals surface area contributed by atoms with Gasteiger partial charge in [-0.15, -0.1) is 0 Å². The van der Waals surface area contributed by atoms with Gasteiger partial charge in [-0.05, 0) is 5.56 Å². The average molecular weight is 327 g/mol. The molecule has 1 aromatic carbocycles. The third-order valence-electron chi connectivity index (χ3n) is 4.07. The van der Waals surface area contributed by atoms with Crippen molar-refractivity contribution >= 4 is 11.9 Å². The maximum atomic E-state index is 12.1. The molecule has 3 rings (SSSR count). The molecule has 0 atom stereocenters. The van der Waals surface area contributed by atoms with Crippen molar-refractivity contribution in [3.8, 4) is 0 Å². The highest BCUT2D eigenvalue weighted by Crippen LogP contribution is 2.35. The van der Waals surface area contributed by atoms with Gasteiger partial charge in [0.2, 0.25) is 0 Å². The number of aliphatic carboxylic acids is 1. The highest BCUT2D eigenvalue weighted by molar-refractivity contribution is 5.97. The van der Waals surface area contributed by atoms with E-state index in [0.29, 0.717) is 6.61 Å². The highest BCUT2D eigenvalue weighted by Gasteiger charge is 2.52. The molecule has 0 spiro atoms. The number of amides is 1. The molecule has 1 aliphatic carbocycles. The fourth-order valence-electron chi connectivity index (χ4n) is 2.66. The van der Waals surface area contributed by atoms with Crippen molar-refractivity contribution in [2.75, 3.05) is 0 Å². The Morgan fingerprint density at radius 2 is 1.88 bits per heavy atom. The van der Waals surface area contributed by atoms with E-state index in [1.807, 2.05) is 30.3 Å². The molecule has 7 nitrogen and oxygen atoms in total. The van der Waals surface area contributed by atoms with Gasteiger partial charge in [-0.2, -0.15) is 0 Å². The molecule has 24 heavy (non-hydrogen) atoms. The van der Waals surface area contributed by atoms with E-state index in [9.17, 15) is 14.7 Å². The third-order valence-corrected chi connectivity index (χ3v) is 4.07. The smallest absolute Gasteiger partial charge is 0.329 e. The molecule has 124 valence electrons. The minimum absolute atomic E-state index is 0.200. The minimum atomic E-state index is -1.30. The van der Waals surface area contributed by atoms with Gasteiger partial charge >= 0.3 is 5.97 Å². The molecule has 1 aliphatic rings. The second kappa shape index (κ2) is 6.76. The van der Waals surface area contributed by atoms with Crippen molar-refractivity contribution in [2.24, 2.45) is 0 Å². The number of nitrogens with one attached hydrogen (secondary N) is 1. The van der Waals surface area contributed by atoms with Crippen LogP contribution in [-0.2, 0) is 16.1 Å². The molecule has 0 aliphatic heterocycles. The Labute approximate surface area is 138 Å². The van der Waals surface area contributed by atoms with E-state index in [2.05, 4.69) is 15.3 Å². The quantitative estimate of drug-likeness (QED) is 0.832. The zero-order valence-corrected chi connectivity index (χ0v) is 12.9. The second-order valence-electron chi connectivity index (χ2n) is 5.80. The molecule has 1 heterocycles. The lowest BCUT2D eigenvalue weighted by molar-refractivity contribution is -0.157. The van der Waals surface area contributed by atoms with E-state index in [1.54, 1.807) is 0 Å². The van der Waals surface area contributed by atoms with Crippen LogP contribution >= 0.6 is 0 Å². The Morgan fingerprint density at radius 3 is 2.50 bits per heavy atom. The predicted molar refractivity (Wildman–Crippen MR) is 84.1 cm³/mol. The summed E-state index contributed by atoms with van der Waals surface area (Å²) < 4.78 is 5.72. The van der Waals surface area contributed by atoms with Crippen molar-refractivity contribution < 1.29 is 19.4 Å². The van der Waals surface area contributed by atoms with Crippen LogP contribution in [0.15, 0.2) is 49.1 Å². The zero-order valence-electron chi connectivity index (χ0n) is 12.9. The average Bonchev–Trinajstić information content (AvgIpc) is 2.58. The van der Waals surface area contributed by atoms with E-state index < -0.39 is 17.4 Å². The monoisotopic (exact) mass is 327 g/mol. The Hall–Kier alpha value is -2.80. The molecule has 0 unspecified atom stereocenters. The number of hydrogen-bond donors (Lipinski definition) is 2. The van der Waals surface area contributed by atoms with Crippen LogP contribution in [0.5, 0.6) is 0 Å². The molecule has 0 saturated heterocycles. The van der Waals surface area contributed by atoms with Gasteiger partial charge in [0, 0.05) is 25.2 Å². The maximum Gasteiger partial charge on any atom is 0.329 e. The molecule has 1 amide bonds. The summed E-state index contributed by atoms with van der Waals surface area (Å²) in [5.74, 6) is -1.56. The van der Waals surface area contributed by atoms with Gasteiger partial charge < -0.3 is 15.2 Å². The fourth-order valence-corrected chi connectivity index (χ4v) is 2.66. The zero-order chi connectivity index (χ0) is 17.0. The summed E-state index contributed by atoms with van der Waals surface area (Å²) in [5, 5.41) is 12.1. The topological polar surface area (TPSA) is 101 Å². The highest BCUT2D eigenvalue weighted by atomic mass is 16.5. The molecular formula is C17H17N3O4. The SMILES string of the molecule is O=C(NC1(C(=O)O)CC(OCc2ccccc2)C1)c1cncnc1. The molecule has 1 saturated carbocycles. The van der Waals surface area contributed by atoms with E-state index in [0.717, 1.165) is 5.56 Å². The lowest BCUT2D eigenvalue weighted by Crippen LogP contribution is -2.64. The Bertz CT molecular complexity index is 715. The number of nitrogens with zero attached hydrogens (tertiary/aromatic N) is 2. The lowest BCUT2D eigenvalue weighted by atomic mass is 9.74. The summed E-state index contributed by atoms with van der Waals surface area (Å²) >= 11 is 0. The van der Waals surface area contributed by atoms with Crippen molar-refractivity contribution in [1.82, 2.24) is 15.3 Å². The summed E-state index contributed by atoms with van der Waals surface area (Å²) in [7, 11) is 0. The first-order chi connectivity index (χ1) is 11.6. The number of carbonyl (C=O) groups excluding carboxylic acids is 1. The first-order valence-electron chi connectivity index (χ1n) is 7.55. The van der Waals surface area contributed by atoms with Gasteiger partial charge in [-0.25, -0.2) is 14.8 Å². The number of hydrogen-bond acceptors (Lipinski definition) is 5. The minimum Gasteiger partial charge on any atom is -0.480 e. The van der Waals surface area contributed by atoms with Gasteiger partial charge in [-0.3, -0.25) is 4.79 Å². The first kappa shape index (κ1) is 16.1. The van der Waals surface area contributed by atoms with Crippen LogP contribution in [0.25, 0.3) is 0 Å². The fraction of sp³-hybridized carbons (Fsp3) is 0.294. The molecule has 1 aromatic heterocycles. The van der Waals surface area contributed by atoms with E-state index in [1.165, 1.54) is 18.7 Å². The van der Waals surface area contributed by atoms with Crippen LogP contribution in [0.3, 0.4) is 0 Å². The van der Waals surface area contributed by atoms with E-state index >= 15 is 0 Å². The van der Waals surface area contributed by atoms with Crippen LogP contribution in [0, 0.1) is 0 Å². The van der Waals surface area contributed by atoms with Gasteiger partial charge in [-0.1, -0.05) is 30.3 Å². The number of aromatic nitrogens is 2. The Balaban J connectivity index is 1.57. The second-order valence-corrected chi connectivity index (χ2v) is 5.80. The van der Waals surface area contributed by atoms with Crippen molar-refractivity contribution in [1.29, 1.82) is 0 Å². The maximum absolute atomic E-state index is 12.1. The van der Waals surface area contributed by atoms with Crippen molar-refractivity contribution in [3.05, 3.63) is 60.2 Å². The van der Waals surface area contributed by atoms with Gasteiger partial charge in [0.15, 0.2) is 0 Å². The Kier molecular flexibility index (Phi) is 4.52. The molecule has 2 N–H and O–H groups in total. The molecule has 0 bridgehead atoms. The molecule has 1 fully saturated rings. The number of rotatable bonds is 6. The Morgan fingerprint density at radius 1 is 1.21 bits per heavy atom. The summed E-state index contributed by atoms with van der Waals surface area (Å²) in [4.78, 5) is 31.3. The van der Waals surface area contributed by atoms with Crippen LogP contribution in [-0.4, -0.2) is 38.6 Å². The van der Waals surface area contributed by atoms with Gasteiger partial charge in [0.25, 0.3) is 5.91 Å². The van der Waals surface area contributed by atoms with Crippen molar-refractivity contribution in [2.45, 2.75) is 31.1 Å². The number of carbonyl (C=O) groups is 2. The van der Waals surface area contributed by atoms with Crippen LogP contribution in [0.1, 0.15) is 28.8 Å². The van der Waals surface area contributed by atoms with Gasteiger partial charge in [0.1, 0.15) is 11.9 Å². The van der Waals surface area contributed by atoms with Crippen LogP contribution in [0.4, 0.5) is 0 Å². The summed E-state index contributed by atoms with van der Waals surface area (Å²) in [6.07, 6.45) is 4.26. The summed E-state index contributed by atoms with van der Waals surface area (Å²) in [6, 6.07) is 9.65. The molecule has 2 aromatic rings. The number of benzene rings is 1. The van der Waals surface area contributed by atoms with Crippen LogP contribution < -0.4 is 5.32 Å². The molecule has 0 radical (unpaired) electrons. The molecular weight excluding hydrogens is 310 g/mol. The third kappa shape index (κ3) is 3.41. The van der Waals surface area contributed by atoms with Crippen molar-refractivity contribution in [3.63, 3.8) is 0 Å². The predicted octanol–water partition coefficient (Wildman–Crippen LogP) is 1.41. The largest absolute Gasteiger partial charge is 0.480 e. The number of carboxylic acids is 1. The normalized spacial score (nSPS) is 22.4. The summed E-state index contributed by atoms with van der Waals surface area (Å²) in [5.41, 5.74) is -0.0450. The lowest BCUT2D eigenvalue weighted by Gasteiger charge is -2.44. The molecule has 7 heteroatoms. The number of ether oxygens (including phenoxy) is 1. The standard InChI is InChI=1S/C17H17N3O4/c21-15(13-8-18-11-19-9-13)20-17(16(22)23)6-14(7-17)24-10-12-4-2-1-3-5-12/h1-5,8-9,11,14H,6-7,10H2,(H,20,21)(H,22,23). The summed E-state index contributed by atoms with van der Waals surface area (Å²) in [6.45, 7) is 0.418. The van der Waals surface area contributed by atoms with E-state index in [-0.39, 0.29) is 24.5 Å².